The van der Waals surface area contributed by atoms with Gasteiger partial charge in [-0.1, -0.05) is 0 Å². The number of amides is 1. The summed E-state index contributed by atoms with van der Waals surface area (Å²) in [5.74, 6) is 0.836. The van der Waals surface area contributed by atoms with Crippen molar-refractivity contribution >= 4 is 17.2 Å². The number of hydrogen-bond acceptors (Lipinski definition) is 4. The average molecular weight is 268 g/mol. The molecule has 18 heavy (non-hydrogen) atoms. The molecule has 0 saturated carbocycles. The zero-order valence-corrected chi connectivity index (χ0v) is 11.7. The number of carbonyl (C=O) groups is 1. The molecule has 2 atom stereocenters. The largest absolute Gasteiger partial charge is 0.496 e. The van der Waals surface area contributed by atoms with Gasteiger partial charge in [-0.25, -0.2) is 0 Å². The van der Waals surface area contributed by atoms with Crippen molar-refractivity contribution in [3.63, 3.8) is 0 Å². The van der Waals surface area contributed by atoms with Crippen LogP contribution in [0.4, 0.5) is 0 Å². The van der Waals surface area contributed by atoms with Crippen molar-refractivity contribution < 1.29 is 9.53 Å². The second-order valence-corrected chi connectivity index (χ2v) is 5.68. The lowest BCUT2D eigenvalue weighted by molar-refractivity contribution is 0.0588. The highest BCUT2D eigenvalue weighted by atomic mass is 32.1. The summed E-state index contributed by atoms with van der Waals surface area (Å²) < 4.78 is 5.12. The summed E-state index contributed by atoms with van der Waals surface area (Å²) in [5, 5.41) is 1.86. The van der Waals surface area contributed by atoms with Gasteiger partial charge in [0.25, 0.3) is 5.91 Å². The summed E-state index contributed by atoms with van der Waals surface area (Å²) in [5.41, 5.74) is 5.99. The minimum Gasteiger partial charge on any atom is -0.496 e. The number of thiophene rings is 1. The topological polar surface area (TPSA) is 55.6 Å². The molecule has 1 aromatic heterocycles. The lowest BCUT2D eigenvalue weighted by atomic mass is 9.97. The molecule has 0 radical (unpaired) electrons. The maximum absolute atomic E-state index is 12.5. The van der Waals surface area contributed by atoms with Gasteiger partial charge in [-0.05, 0) is 26.2 Å². The molecule has 4 nitrogen and oxygen atoms in total. The molecule has 1 aliphatic rings. The molecule has 0 aromatic carbocycles. The van der Waals surface area contributed by atoms with E-state index >= 15 is 0 Å². The summed E-state index contributed by atoms with van der Waals surface area (Å²) in [6.45, 7) is 2.79. The van der Waals surface area contributed by atoms with E-state index in [0.717, 1.165) is 36.4 Å². The van der Waals surface area contributed by atoms with E-state index in [9.17, 15) is 4.79 Å². The minimum absolute atomic E-state index is 0.0242. The molecule has 1 fully saturated rings. The number of rotatable bonds is 3. The van der Waals surface area contributed by atoms with E-state index in [-0.39, 0.29) is 18.0 Å². The first-order valence-electron chi connectivity index (χ1n) is 6.32. The Morgan fingerprint density at radius 3 is 3.00 bits per heavy atom. The second-order valence-electron chi connectivity index (χ2n) is 4.77. The summed E-state index contributed by atoms with van der Waals surface area (Å²) in [4.78, 5) is 15.1. The van der Waals surface area contributed by atoms with E-state index < -0.39 is 0 Å². The molecule has 100 valence electrons. The molecule has 0 spiro atoms. The highest BCUT2D eigenvalue weighted by Crippen LogP contribution is 2.26. The summed E-state index contributed by atoms with van der Waals surface area (Å²) >= 11 is 1.43. The third kappa shape index (κ3) is 2.67. The molecule has 1 aromatic rings. The highest BCUT2D eigenvalue weighted by Gasteiger charge is 2.30. The minimum atomic E-state index is 0.0242. The van der Waals surface area contributed by atoms with Crippen molar-refractivity contribution in [3.8, 4) is 5.75 Å². The predicted octanol–water partition coefficient (Wildman–Crippen LogP) is 2.10. The van der Waals surface area contributed by atoms with E-state index in [4.69, 9.17) is 10.5 Å². The number of ether oxygens (including phenoxy) is 1. The fourth-order valence-electron chi connectivity index (χ4n) is 2.44. The normalized spacial score (nSPS) is 21.7. The van der Waals surface area contributed by atoms with Crippen molar-refractivity contribution in [3.05, 3.63) is 16.3 Å². The fraction of sp³-hybridized carbons (Fsp3) is 0.615. The molecule has 0 aliphatic carbocycles. The zero-order valence-electron chi connectivity index (χ0n) is 10.9. The first-order valence-corrected chi connectivity index (χ1v) is 7.20. The summed E-state index contributed by atoms with van der Waals surface area (Å²) in [6, 6.07) is 2.00. The SMILES string of the molecule is COc1csc(C(=O)N2CCCC[C@H]2[C@@H](C)N)c1. The first kappa shape index (κ1) is 13.4. The highest BCUT2D eigenvalue weighted by molar-refractivity contribution is 7.12. The molecule has 0 unspecified atom stereocenters. The van der Waals surface area contributed by atoms with Gasteiger partial charge in [0, 0.05) is 30.1 Å². The van der Waals surface area contributed by atoms with E-state index in [2.05, 4.69) is 0 Å². The Bertz CT molecular complexity index is 417. The van der Waals surface area contributed by atoms with Crippen LogP contribution in [0.2, 0.25) is 0 Å². The number of piperidine rings is 1. The van der Waals surface area contributed by atoms with Gasteiger partial charge in [0.05, 0.1) is 12.0 Å². The van der Waals surface area contributed by atoms with Gasteiger partial charge in [-0.15, -0.1) is 11.3 Å². The van der Waals surface area contributed by atoms with Gasteiger partial charge in [0.1, 0.15) is 5.75 Å². The molecule has 1 aliphatic heterocycles. The van der Waals surface area contributed by atoms with Crippen molar-refractivity contribution in [2.24, 2.45) is 5.73 Å². The smallest absolute Gasteiger partial charge is 0.264 e. The first-order chi connectivity index (χ1) is 8.63. The van der Waals surface area contributed by atoms with Gasteiger partial charge >= 0.3 is 0 Å². The van der Waals surface area contributed by atoms with Crippen LogP contribution in [0.15, 0.2) is 11.4 Å². The van der Waals surface area contributed by atoms with Crippen LogP contribution in [0.1, 0.15) is 35.9 Å². The lowest BCUT2D eigenvalue weighted by Crippen LogP contribution is -2.51. The van der Waals surface area contributed by atoms with E-state index in [1.807, 2.05) is 17.2 Å². The molecule has 2 heterocycles. The molecule has 1 saturated heterocycles. The van der Waals surface area contributed by atoms with Crippen molar-refractivity contribution in [2.45, 2.75) is 38.3 Å². The quantitative estimate of drug-likeness (QED) is 0.913. The Morgan fingerprint density at radius 2 is 2.39 bits per heavy atom. The Kier molecular flexibility index (Phi) is 4.24. The van der Waals surface area contributed by atoms with Gasteiger partial charge < -0.3 is 15.4 Å². The third-order valence-electron chi connectivity index (χ3n) is 3.44. The van der Waals surface area contributed by atoms with E-state index in [0.29, 0.717) is 0 Å². The third-order valence-corrected chi connectivity index (χ3v) is 4.34. The van der Waals surface area contributed by atoms with Crippen LogP contribution in [0.5, 0.6) is 5.75 Å². The van der Waals surface area contributed by atoms with Gasteiger partial charge in [-0.2, -0.15) is 0 Å². The van der Waals surface area contributed by atoms with Crippen LogP contribution in [-0.4, -0.2) is 36.5 Å². The zero-order chi connectivity index (χ0) is 13.1. The van der Waals surface area contributed by atoms with E-state index in [1.54, 1.807) is 13.2 Å². The van der Waals surface area contributed by atoms with Crippen LogP contribution < -0.4 is 10.5 Å². The average Bonchev–Trinajstić information content (AvgIpc) is 2.86. The number of carbonyl (C=O) groups excluding carboxylic acids is 1. The van der Waals surface area contributed by atoms with Crippen LogP contribution in [-0.2, 0) is 0 Å². The maximum Gasteiger partial charge on any atom is 0.264 e. The number of nitrogens with zero attached hydrogens (tertiary/aromatic N) is 1. The standard InChI is InChI=1S/C13H20N2O2S/c1-9(14)11-5-3-4-6-15(11)13(16)12-7-10(17-2)8-18-12/h7-9,11H,3-6,14H2,1-2H3/t9-,11+/m1/s1. The Morgan fingerprint density at radius 1 is 1.61 bits per heavy atom. The lowest BCUT2D eigenvalue weighted by Gasteiger charge is -2.37. The summed E-state index contributed by atoms with van der Waals surface area (Å²) in [7, 11) is 1.61. The Labute approximate surface area is 112 Å². The van der Waals surface area contributed by atoms with Crippen LogP contribution >= 0.6 is 11.3 Å². The van der Waals surface area contributed by atoms with Crippen molar-refractivity contribution in [1.82, 2.24) is 4.90 Å². The van der Waals surface area contributed by atoms with Gasteiger partial charge in [-0.3, -0.25) is 4.79 Å². The number of hydrogen-bond donors (Lipinski definition) is 1. The summed E-state index contributed by atoms with van der Waals surface area (Å²) in [6.07, 6.45) is 3.23. The van der Waals surface area contributed by atoms with Crippen LogP contribution in [0.25, 0.3) is 0 Å². The molecule has 1 amide bonds. The van der Waals surface area contributed by atoms with Gasteiger partial charge in [0.15, 0.2) is 0 Å². The molecule has 5 heteroatoms. The van der Waals surface area contributed by atoms with Crippen LogP contribution in [0, 0.1) is 0 Å². The van der Waals surface area contributed by atoms with Gasteiger partial charge in [0.2, 0.25) is 0 Å². The van der Waals surface area contributed by atoms with Crippen LogP contribution in [0.3, 0.4) is 0 Å². The van der Waals surface area contributed by atoms with Crippen molar-refractivity contribution in [2.75, 3.05) is 13.7 Å². The Hall–Kier alpha value is -1.07. The molecule has 0 bridgehead atoms. The molecular weight excluding hydrogens is 248 g/mol. The molecule has 2 rings (SSSR count). The fourth-order valence-corrected chi connectivity index (χ4v) is 3.25. The Balaban J connectivity index is 2.15. The van der Waals surface area contributed by atoms with E-state index in [1.165, 1.54) is 11.3 Å². The van der Waals surface area contributed by atoms with Crippen molar-refractivity contribution in [1.29, 1.82) is 0 Å². The number of methoxy groups -OCH3 is 1. The predicted molar refractivity (Wildman–Crippen MR) is 73.2 cm³/mol. The second kappa shape index (κ2) is 5.71. The molecular formula is C13H20N2O2S. The maximum atomic E-state index is 12.5. The number of likely N-dealkylation sites (tertiary alicyclic amines) is 1. The monoisotopic (exact) mass is 268 g/mol. The number of nitrogens with two attached hydrogens (primary N) is 1. The molecule has 2 N–H and O–H groups in total.